The van der Waals surface area contributed by atoms with Gasteiger partial charge in [-0.25, -0.2) is 15.0 Å². The molecule has 0 atom stereocenters. The molecule has 0 saturated heterocycles. The van der Waals surface area contributed by atoms with Gasteiger partial charge in [0.2, 0.25) is 0 Å². The Morgan fingerprint density at radius 2 is 1.01 bits per heavy atom. The van der Waals surface area contributed by atoms with Crippen molar-refractivity contribution in [2.75, 3.05) is 0 Å². The normalized spacial score (nSPS) is 12.5. The van der Waals surface area contributed by atoms with Gasteiger partial charge in [0.15, 0.2) is 17.5 Å². The van der Waals surface area contributed by atoms with Gasteiger partial charge in [-0.3, -0.25) is 0 Å². The average Bonchev–Trinajstić information content (AvgIpc) is 4.02. The first-order chi connectivity index (χ1) is 33.7. The van der Waals surface area contributed by atoms with Crippen LogP contribution in [-0.4, -0.2) is 19.5 Å². The summed E-state index contributed by atoms with van der Waals surface area (Å²) in [5, 5.41) is 8.01. The summed E-state index contributed by atoms with van der Waals surface area (Å²) < 4.78 is 15.2. The van der Waals surface area contributed by atoms with Gasteiger partial charge in [-0.2, -0.15) is 0 Å². The Morgan fingerprint density at radius 3 is 1.91 bits per heavy atom. The molecule has 68 heavy (non-hydrogen) atoms. The van der Waals surface area contributed by atoms with Crippen LogP contribution in [0.25, 0.3) is 140 Å². The second-order valence-electron chi connectivity index (χ2n) is 17.4. The monoisotopic (exact) mass is 870 g/mol. The Morgan fingerprint density at radius 1 is 0.382 bits per heavy atom. The lowest BCUT2D eigenvalue weighted by atomic mass is 9.95. The molecule has 14 rings (SSSR count). The van der Waals surface area contributed by atoms with Crippen molar-refractivity contribution >= 4 is 77.6 Å². The highest BCUT2D eigenvalue weighted by molar-refractivity contribution is 6.21. The lowest BCUT2D eigenvalue weighted by molar-refractivity contribution is 0.603. The smallest absolute Gasteiger partial charge is 0.164 e. The number of fused-ring (bicyclic) bond motifs is 11. The van der Waals surface area contributed by atoms with Crippen molar-refractivity contribution in [3.05, 3.63) is 218 Å². The van der Waals surface area contributed by atoms with Crippen molar-refractivity contribution in [1.29, 1.82) is 0 Å². The highest BCUT2D eigenvalue weighted by Gasteiger charge is 2.22. The van der Waals surface area contributed by atoms with Gasteiger partial charge >= 0.3 is 0 Å². The van der Waals surface area contributed by atoms with Gasteiger partial charge in [-0.05, 0) is 77.0 Å². The highest BCUT2D eigenvalue weighted by atomic mass is 16.3. The average molecular weight is 871 g/mol. The Kier molecular flexibility index (Phi) is 8.55. The fourth-order valence-corrected chi connectivity index (χ4v) is 10.3. The maximum atomic E-state index is 6.40. The fraction of sp³-hybridized carbons (Fsp3) is 0.0161. The third kappa shape index (κ3) is 6.08. The molecule has 0 saturated carbocycles. The van der Waals surface area contributed by atoms with E-state index in [4.69, 9.17) is 23.8 Å². The molecule has 0 spiro atoms. The van der Waals surface area contributed by atoms with E-state index in [1.165, 1.54) is 21.5 Å². The molecule has 9 aromatic carbocycles. The molecule has 1 aliphatic rings. The van der Waals surface area contributed by atoms with E-state index in [2.05, 4.69) is 174 Å². The SMILES string of the molecule is C1=Cc2oc3cc(-c4nc(-c5ccccc5)nc(-c5cccc(-n6c7c(-c8cccc(-c9cccc%10oc%11ccccc%11c9%10)c8)cccc7c7ccc8ccccc8c76)c5)n4)ccc3c2C=CC1. The van der Waals surface area contributed by atoms with E-state index in [9.17, 15) is 0 Å². The van der Waals surface area contributed by atoms with Crippen molar-refractivity contribution in [2.45, 2.75) is 6.42 Å². The second kappa shape index (κ2) is 15.2. The number of hydrogen-bond acceptors (Lipinski definition) is 5. The number of furan rings is 2. The largest absolute Gasteiger partial charge is 0.456 e. The minimum absolute atomic E-state index is 0.572. The summed E-state index contributed by atoms with van der Waals surface area (Å²) in [5.41, 5.74) is 14.1. The topological polar surface area (TPSA) is 69.9 Å². The number of benzene rings is 9. The second-order valence-corrected chi connectivity index (χ2v) is 17.4. The minimum atomic E-state index is 0.572. The van der Waals surface area contributed by atoms with Crippen LogP contribution in [0.1, 0.15) is 17.7 Å². The van der Waals surface area contributed by atoms with E-state index >= 15 is 0 Å². The van der Waals surface area contributed by atoms with Crippen molar-refractivity contribution in [3.8, 4) is 62.1 Å². The van der Waals surface area contributed by atoms with E-state index in [-0.39, 0.29) is 0 Å². The van der Waals surface area contributed by atoms with Gasteiger partial charge in [-0.1, -0.05) is 170 Å². The predicted octanol–water partition coefficient (Wildman–Crippen LogP) is 16.5. The molecule has 6 nitrogen and oxygen atoms in total. The summed E-state index contributed by atoms with van der Waals surface area (Å²) in [4.78, 5) is 15.5. The predicted molar refractivity (Wildman–Crippen MR) is 279 cm³/mol. The molecule has 0 radical (unpaired) electrons. The van der Waals surface area contributed by atoms with Crippen molar-refractivity contribution in [1.82, 2.24) is 19.5 Å². The molecule has 318 valence electrons. The molecule has 4 aromatic heterocycles. The molecule has 4 heterocycles. The standard InChI is InChI=1S/C62H38N4O2/c1-3-16-39(17-4-1)60-63-61(65-62(64-60)43-32-33-49-48-23-5-2-6-28-53(48)68-56(49)37-43)42-20-12-21-44(36-42)66-58-46-22-8-7-15-38(46)31-34-51(58)50-27-13-26-47(59(50)66)41-19-11-18-40(35-41)45-25-14-30-55-57(45)52-24-9-10-29-54(52)67-55/h1,3-37H,2H2. The van der Waals surface area contributed by atoms with Gasteiger partial charge in [-0.15, -0.1) is 0 Å². The molecule has 0 unspecified atom stereocenters. The van der Waals surface area contributed by atoms with E-state index in [0.717, 1.165) is 106 Å². The summed E-state index contributed by atoms with van der Waals surface area (Å²) in [6.45, 7) is 0. The highest BCUT2D eigenvalue weighted by Crippen LogP contribution is 2.44. The minimum Gasteiger partial charge on any atom is -0.456 e. The zero-order valence-electron chi connectivity index (χ0n) is 36.6. The molecule has 0 bridgehead atoms. The zero-order valence-corrected chi connectivity index (χ0v) is 36.6. The van der Waals surface area contributed by atoms with E-state index in [1.54, 1.807) is 0 Å². The molecule has 0 fully saturated rings. The van der Waals surface area contributed by atoms with Crippen LogP contribution in [-0.2, 0) is 0 Å². The number of hydrogen-bond donors (Lipinski definition) is 0. The van der Waals surface area contributed by atoms with Gasteiger partial charge in [0, 0.05) is 65.8 Å². The number of aromatic nitrogens is 4. The van der Waals surface area contributed by atoms with E-state index in [1.807, 2.05) is 48.5 Å². The number of nitrogens with zero attached hydrogens (tertiary/aromatic N) is 4. The molecular formula is C62H38N4O2. The van der Waals surface area contributed by atoms with Crippen LogP contribution in [0.15, 0.2) is 215 Å². The van der Waals surface area contributed by atoms with Crippen molar-refractivity contribution < 1.29 is 8.83 Å². The van der Waals surface area contributed by atoms with E-state index < -0.39 is 0 Å². The van der Waals surface area contributed by atoms with Crippen LogP contribution in [0.3, 0.4) is 0 Å². The Hall–Kier alpha value is -9.13. The lowest BCUT2D eigenvalue weighted by Gasteiger charge is -2.15. The third-order valence-corrected chi connectivity index (χ3v) is 13.4. The maximum absolute atomic E-state index is 6.40. The molecule has 0 aliphatic heterocycles. The number of rotatable bonds is 6. The van der Waals surface area contributed by atoms with Crippen LogP contribution in [0.2, 0.25) is 0 Å². The van der Waals surface area contributed by atoms with Gasteiger partial charge in [0.1, 0.15) is 22.5 Å². The molecule has 13 aromatic rings. The maximum Gasteiger partial charge on any atom is 0.164 e. The van der Waals surface area contributed by atoms with Crippen molar-refractivity contribution in [2.24, 2.45) is 0 Å². The Balaban J connectivity index is 0.972. The summed E-state index contributed by atoms with van der Waals surface area (Å²) >= 11 is 0. The van der Waals surface area contributed by atoms with Gasteiger partial charge < -0.3 is 13.4 Å². The molecule has 1 aliphatic carbocycles. The zero-order chi connectivity index (χ0) is 44.7. The lowest BCUT2D eigenvalue weighted by Crippen LogP contribution is -2.01. The summed E-state index contributed by atoms with van der Waals surface area (Å²) in [7, 11) is 0. The van der Waals surface area contributed by atoms with Gasteiger partial charge in [0.05, 0.1) is 11.0 Å². The summed E-state index contributed by atoms with van der Waals surface area (Å²) in [6.07, 6.45) is 9.37. The van der Waals surface area contributed by atoms with Gasteiger partial charge in [0.25, 0.3) is 0 Å². The molecule has 0 N–H and O–H groups in total. The Bertz CT molecular complexity index is 4250. The quantitative estimate of drug-likeness (QED) is 0.166. The van der Waals surface area contributed by atoms with Crippen LogP contribution >= 0.6 is 0 Å². The fourth-order valence-electron chi connectivity index (χ4n) is 10.3. The summed E-state index contributed by atoms with van der Waals surface area (Å²) in [6, 6.07) is 68.4. The van der Waals surface area contributed by atoms with E-state index in [0.29, 0.717) is 17.5 Å². The number of para-hydroxylation sites is 2. The molecule has 6 heteroatoms. The first-order valence-electron chi connectivity index (χ1n) is 23.0. The summed E-state index contributed by atoms with van der Waals surface area (Å²) in [5.74, 6) is 2.61. The molecular weight excluding hydrogens is 833 g/mol. The Labute approximate surface area is 390 Å². The van der Waals surface area contributed by atoms with Crippen molar-refractivity contribution in [3.63, 3.8) is 0 Å². The number of allylic oxidation sites excluding steroid dienone is 2. The first-order valence-corrected chi connectivity index (χ1v) is 23.0. The first kappa shape index (κ1) is 38.2. The molecule has 0 amide bonds. The van der Waals surface area contributed by atoms with Crippen LogP contribution < -0.4 is 0 Å². The van der Waals surface area contributed by atoms with Crippen LogP contribution in [0.5, 0.6) is 0 Å². The third-order valence-electron chi connectivity index (χ3n) is 13.4. The van der Waals surface area contributed by atoms with Crippen LogP contribution in [0, 0.1) is 0 Å². The van der Waals surface area contributed by atoms with Crippen LogP contribution in [0.4, 0.5) is 0 Å².